The van der Waals surface area contributed by atoms with Crippen molar-refractivity contribution >= 4 is 11.9 Å². The number of carbonyl (C=O) groups is 2. The number of carbonyl (C=O) groups excluding carboxylic acids is 1. The highest BCUT2D eigenvalue weighted by atomic mass is 16.4. The van der Waals surface area contributed by atoms with Gasteiger partial charge in [-0.25, -0.2) is 4.79 Å². The average molecular weight is 304 g/mol. The fourth-order valence-electron chi connectivity index (χ4n) is 3.09. The minimum atomic E-state index is -1.08. The minimum Gasteiger partial charge on any atom is -0.480 e. The Labute approximate surface area is 131 Å². The summed E-state index contributed by atoms with van der Waals surface area (Å²) < 4.78 is 0. The summed E-state index contributed by atoms with van der Waals surface area (Å²) in [5, 5.41) is 12.3. The molecule has 2 rings (SSSR count). The Bertz CT molecular complexity index is 508. The van der Waals surface area contributed by atoms with E-state index in [0.29, 0.717) is 25.2 Å². The summed E-state index contributed by atoms with van der Waals surface area (Å²) >= 11 is 0. The molecule has 0 atom stereocenters. The molecule has 22 heavy (non-hydrogen) atoms. The topological polar surface area (TPSA) is 79.3 Å². The maximum absolute atomic E-state index is 12.1. The first-order valence-electron chi connectivity index (χ1n) is 8.00. The molecule has 0 spiro atoms. The van der Waals surface area contributed by atoms with Crippen LogP contribution in [0.25, 0.3) is 0 Å². The molecule has 5 nitrogen and oxygen atoms in total. The number of rotatable bonds is 6. The van der Waals surface area contributed by atoms with Gasteiger partial charge >= 0.3 is 5.97 Å². The Balaban J connectivity index is 1.91. The maximum atomic E-state index is 12.1. The highest BCUT2D eigenvalue weighted by molar-refractivity contribution is 5.87. The Hall–Kier alpha value is -1.91. The third-order valence-electron chi connectivity index (χ3n) is 4.66. The molecule has 1 amide bonds. The Kier molecular flexibility index (Phi) is 5.52. The van der Waals surface area contributed by atoms with E-state index >= 15 is 0 Å². The number of aliphatic carboxylic acids is 1. The van der Waals surface area contributed by atoms with Gasteiger partial charge in [0.15, 0.2) is 0 Å². The quantitative estimate of drug-likeness (QED) is 0.846. The SMILES string of the molecule is CCC1CCC(NC(=O)CCc2ccccn2)(C(=O)O)CC1. The van der Waals surface area contributed by atoms with E-state index in [1.54, 1.807) is 6.20 Å². The highest BCUT2D eigenvalue weighted by Crippen LogP contribution is 2.34. The van der Waals surface area contributed by atoms with Crippen LogP contribution in [-0.4, -0.2) is 27.5 Å². The number of pyridine rings is 1. The lowest BCUT2D eigenvalue weighted by atomic mass is 9.75. The lowest BCUT2D eigenvalue weighted by molar-refractivity contribution is -0.149. The molecule has 1 fully saturated rings. The molecule has 1 heterocycles. The summed E-state index contributed by atoms with van der Waals surface area (Å²) in [5.74, 6) is -0.533. The molecule has 1 aliphatic rings. The van der Waals surface area contributed by atoms with Gasteiger partial charge in [0.05, 0.1) is 0 Å². The Morgan fingerprint density at radius 1 is 1.36 bits per heavy atom. The second kappa shape index (κ2) is 7.38. The van der Waals surface area contributed by atoms with Crippen molar-refractivity contribution in [2.45, 2.75) is 57.4 Å². The van der Waals surface area contributed by atoms with E-state index in [2.05, 4.69) is 17.2 Å². The number of aryl methyl sites for hydroxylation is 1. The number of aromatic nitrogens is 1. The standard InChI is InChI=1S/C17H24N2O3/c1-2-13-8-10-17(11-9-13,16(21)22)19-15(20)7-6-14-5-3-4-12-18-14/h3-5,12-13H,2,6-11H2,1H3,(H,19,20)(H,21,22). The third-order valence-corrected chi connectivity index (χ3v) is 4.66. The van der Waals surface area contributed by atoms with Crippen molar-refractivity contribution in [3.8, 4) is 0 Å². The van der Waals surface area contributed by atoms with Crippen LogP contribution >= 0.6 is 0 Å². The van der Waals surface area contributed by atoms with Gasteiger partial charge in [0, 0.05) is 18.3 Å². The number of carboxylic acid groups (broad SMARTS) is 1. The molecule has 0 unspecified atom stereocenters. The lowest BCUT2D eigenvalue weighted by Gasteiger charge is -2.37. The predicted molar refractivity (Wildman–Crippen MR) is 83.3 cm³/mol. The molecule has 0 bridgehead atoms. The minimum absolute atomic E-state index is 0.206. The molecular weight excluding hydrogens is 280 g/mol. The van der Waals surface area contributed by atoms with Crippen LogP contribution in [0.2, 0.25) is 0 Å². The number of amides is 1. The summed E-state index contributed by atoms with van der Waals surface area (Å²) in [6, 6.07) is 5.58. The van der Waals surface area contributed by atoms with Gasteiger partial charge in [0.2, 0.25) is 5.91 Å². The van der Waals surface area contributed by atoms with Crippen molar-refractivity contribution in [2.75, 3.05) is 0 Å². The van der Waals surface area contributed by atoms with Crippen molar-refractivity contribution < 1.29 is 14.7 Å². The predicted octanol–water partition coefficient (Wildman–Crippen LogP) is 2.55. The zero-order chi connectivity index (χ0) is 16.0. The van der Waals surface area contributed by atoms with E-state index in [-0.39, 0.29) is 12.3 Å². The Morgan fingerprint density at radius 3 is 2.64 bits per heavy atom. The normalized spacial score (nSPS) is 24.7. The molecule has 0 aromatic carbocycles. The number of hydrogen-bond acceptors (Lipinski definition) is 3. The van der Waals surface area contributed by atoms with Gasteiger partial charge in [-0.3, -0.25) is 9.78 Å². The van der Waals surface area contributed by atoms with E-state index in [1.165, 1.54) is 0 Å². The van der Waals surface area contributed by atoms with E-state index < -0.39 is 11.5 Å². The van der Waals surface area contributed by atoms with Gasteiger partial charge < -0.3 is 10.4 Å². The van der Waals surface area contributed by atoms with Crippen molar-refractivity contribution in [3.63, 3.8) is 0 Å². The third kappa shape index (κ3) is 4.06. The summed E-state index contributed by atoms with van der Waals surface area (Å²) in [7, 11) is 0. The molecule has 1 aromatic rings. The van der Waals surface area contributed by atoms with E-state index in [9.17, 15) is 14.7 Å². The number of nitrogens with one attached hydrogen (secondary N) is 1. The molecule has 1 saturated carbocycles. The molecule has 1 aliphatic carbocycles. The second-order valence-electron chi connectivity index (χ2n) is 6.11. The summed E-state index contributed by atoms with van der Waals surface area (Å²) in [5.41, 5.74) is -0.232. The zero-order valence-electron chi connectivity index (χ0n) is 13.0. The van der Waals surface area contributed by atoms with Gasteiger partial charge in [-0.15, -0.1) is 0 Å². The van der Waals surface area contributed by atoms with Gasteiger partial charge in [0.25, 0.3) is 0 Å². The van der Waals surface area contributed by atoms with Crippen molar-refractivity contribution in [2.24, 2.45) is 5.92 Å². The van der Waals surface area contributed by atoms with Crippen LogP contribution in [0.5, 0.6) is 0 Å². The molecule has 0 radical (unpaired) electrons. The molecule has 0 aliphatic heterocycles. The van der Waals surface area contributed by atoms with Crippen molar-refractivity contribution in [1.82, 2.24) is 10.3 Å². The maximum Gasteiger partial charge on any atom is 0.329 e. The summed E-state index contributed by atoms with van der Waals surface area (Å²) in [6.45, 7) is 2.13. The first kappa shape index (κ1) is 16.5. The van der Waals surface area contributed by atoms with E-state index in [4.69, 9.17) is 0 Å². The van der Waals surface area contributed by atoms with Gasteiger partial charge in [-0.1, -0.05) is 19.4 Å². The number of hydrogen-bond donors (Lipinski definition) is 2. The second-order valence-corrected chi connectivity index (χ2v) is 6.11. The van der Waals surface area contributed by atoms with Crippen LogP contribution in [0.3, 0.4) is 0 Å². The largest absolute Gasteiger partial charge is 0.480 e. The van der Waals surface area contributed by atoms with Gasteiger partial charge in [0.1, 0.15) is 5.54 Å². The number of nitrogens with zero attached hydrogens (tertiary/aromatic N) is 1. The van der Waals surface area contributed by atoms with Gasteiger partial charge in [-0.05, 0) is 50.2 Å². The number of carboxylic acids is 1. The highest BCUT2D eigenvalue weighted by Gasteiger charge is 2.42. The van der Waals surface area contributed by atoms with E-state index in [0.717, 1.165) is 25.0 Å². The molecular formula is C17H24N2O3. The lowest BCUT2D eigenvalue weighted by Crippen LogP contribution is -2.56. The Morgan fingerprint density at radius 2 is 2.09 bits per heavy atom. The van der Waals surface area contributed by atoms with Crippen LogP contribution in [0, 0.1) is 5.92 Å². The van der Waals surface area contributed by atoms with Crippen LogP contribution in [0.4, 0.5) is 0 Å². The van der Waals surface area contributed by atoms with Crippen LogP contribution in [0.15, 0.2) is 24.4 Å². The van der Waals surface area contributed by atoms with Gasteiger partial charge in [-0.2, -0.15) is 0 Å². The van der Waals surface area contributed by atoms with Crippen LogP contribution in [0.1, 0.15) is 51.1 Å². The molecule has 5 heteroatoms. The van der Waals surface area contributed by atoms with Crippen LogP contribution < -0.4 is 5.32 Å². The molecule has 2 N–H and O–H groups in total. The first-order valence-corrected chi connectivity index (χ1v) is 8.00. The fraction of sp³-hybridized carbons (Fsp3) is 0.588. The molecule has 120 valence electrons. The van der Waals surface area contributed by atoms with Crippen molar-refractivity contribution in [1.29, 1.82) is 0 Å². The molecule has 1 aromatic heterocycles. The molecule has 0 saturated heterocycles. The van der Waals surface area contributed by atoms with Crippen molar-refractivity contribution in [3.05, 3.63) is 30.1 Å². The smallest absolute Gasteiger partial charge is 0.329 e. The zero-order valence-corrected chi connectivity index (χ0v) is 13.0. The average Bonchev–Trinajstić information content (AvgIpc) is 2.54. The summed E-state index contributed by atoms with van der Waals surface area (Å²) in [4.78, 5) is 28.0. The summed E-state index contributed by atoms with van der Waals surface area (Å²) in [6.07, 6.45) is 6.34. The fourth-order valence-corrected chi connectivity index (χ4v) is 3.09. The van der Waals surface area contributed by atoms with E-state index in [1.807, 2.05) is 18.2 Å². The monoisotopic (exact) mass is 304 g/mol. The van der Waals surface area contributed by atoms with Crippen LogP contribution in [-0.2, 0) is 16.0 Å². The first-order chi connectivity index (χ1) is 10.6.